The Hall–Kier alpha value is -1.02. The van der Waals surface area contributed by atoms with Crippen molar-refractivity contribution < 1.29 is 17.5 Å². The largest absolute Gasteiger partial charge is 0.383 e. The van der Waals surface area contributed by atoms with Gasteiger partial charge in [-0.2, -0.15) is 0 Å². The summed E-state index contributed by atoms with van der Waals surface area (Å²) in [5, 5.41) is 2.80. The first-order valence-electron chi connectivity index (χ1n) is 6.18. The number of methoxy groups -OCH3 is 1. The standard InChI is InChI=1S/C13H21FN2O3S/c1-13(2,9-19-4)16-20(17,18)11-5-6-12(14)10(7-11)8-15-3/h5-7,15-16H,8-9H2,1-4H3. The SMILES string of the molecule is CNCc1cc(S(=O)(=O)NC(C)(C)COC)ccc1F. The Morgan fingerprint density at radius 3 is 2.55 bits per heavy atom. The average molecular weight is 304 g/mol. The number of sulfonamides is 1. The van der Waals surface area contributed by atoms with Crippen molar-refractivity contribution in [2.24, 2.45) is 0 Å². The lowest BCUT2D eigenvalue weighted by molar-refractivity contribution is 0.141. The highest BCUT2D eigenvalue weighted by atomic mass is 32.2. The van der Waals surface area contributed by atoms with E-state index >= 15 is 0 Å². The topological polar surface area (TPSA) is 67.4 Å². The number of ether oxygens (including phenoxy) is 1. The van der Waals surface area contributed by atoms with Crippen molar-refractivity contribution in [2.45, 2.75) is 30.8 Å². The lowest BCUT2D eigenvalue weighted by atomic mass is 10.1. The van der Waals surface area contributed by atoms with Crippen molar-refractivity contribution in [3.63, 3.8) is 0 Å². The highest BCUT2D eigenvalue weighted by Gasteiger charge is 2.26. The summed E-state index contributed by atoms with van der Waals surface area (Å²) >= 11 is 0. The predicted octanol–water partition coefficient (Wildman–Crippen LogP) is 1.25. The molecule has 0 saturated heterocycles. The highest BCUT2D eigenvalue weighted by molar-refractivity contribution is 7.89. The van der Waals surface area contributed by atoms with Gasteiger partial charge >= 0.3 is 0 Å². The second kappa shape index (κ2) is 6.62. The molecule has 1 aromatic rings. The second-order valence-electron chi connectivity index (χ2n) is 5.21. The van der Waals surface area contributed by atoms with E-state index in [4.69, 9.17) is 4.74 Å². The van der Waals surface area contributed by atoms with E-state index in [1.165, 1.54) is 19.2 Å². The lowest BCUT2D eigenvalue weighted by Gasteiger charge is -2.25. The van der Waals surface area contributed by atoms with E-state index in [1.807, 2.05) is 0 Å². The third kappa shape index (κ3) is 4.52. The van der Waals surface area contributed by atoms with Crippen molar-refractivity contribution in [3.05, 3.63) is 29.6 Å². The molecule has 0 aliphatic rings. The zero-order chi connectivity index (χ0) is 15.4. The molecule has 0 fully saturated rings. The van der Waals surface area contributed by atoms with Crippen LogP contribution in [0.1, 0.15) is 19.4 Å². The summed E-state index contributed by atoms with van der Waals surface area (Å²) in [6.07, 6.45) is 0. The van der Waals surface area contributed by atoms with Gasteiger partial charge in [-0.1, -0.05) is 0 Å². The molecule has 2 N–H and O–H groups in total. The average Bonchev–Trinajstić information content (AvgIpc) is 2.30. The van der Waals surface area contributed by atoms with E-state index in [-0.39, 0.29) is 18.0 Å². The summed E-state index contributed by atoms with van der Waals surface area (Å²) < 4.78 is 45.6. The zero-order valence-electron chi connectivity index (χ0n) is 12.2. The molecule has 0 amide bonds. The summed E-state index contributed by atoms with van der Waals surface area (Å²) in [6.45, 7) is 3.92. The third-order valence-corrected chi connectivity index (χ3v) is 4.31. The van der Waals surface area contributed by atoms with Crippen LogP contribution in [0.4, 0.5) is 4.39 Å². The van der Waals surface area contributed by atoms with Gasteiger partial charge in [-0.15, -0.1) is 0 Å². The van der Waals surface area contributed by atoms with Crippen molar-refractivity contribution in [1.82, 2.24) is 10.0 Å². The molecule has 0 radical (unpaired) electrons. The van der Waals surface area contributed by atoms with Gasteiger partial charge in [0.25, 0.3) is 0 Å². The summed E-state index contributed by atoms with van der Waals surface area (Å²) in [4.78, 5) is 0.0355. The van der Waals surface area contributed by atoms with Crippen LogP contribution in [0.25, 0.3) is 0 Å². The van der Waals surface area contributed by atoms with E-state index in [0.717, 1.165) is 6.07 Å². The molecule has 0 heterocycles. The minimum absolute atomic E-state index is 0.0355. The maximum atomic E-state index is 13.5. The summed E-state index contributed by atoms with van der Waals surface area (Å²) in [7, 11) is -0.556. The molecule has 0 aliphatic carbocycles. The lowest BCUT2D eigenvalue weighted by Crippen LogP contribution is -2.46. The van der Waals surface area contributed by atoms with E-state index < -0.39 is 21.4 Å². The normalized spacial score (nSPS) is 12.7. The smallest absolute Gasteiger partial charge is 0.241 e. The van der Waals surface area contributed by atoms with Crippen LogP contribution in [0.3, 0.4) is 0 Å². The number of halogens is 1. The molecule has 5 nitrogen and oxygen atoms in total. The van der Waals surface area contributed by atoms with Crippen LogP contribution in [0.5, 0.6) is 0 Å². The van der Waals surface area contributed by atoms with Gasteiger partial charge < -0.3 is 10.1 Å². The van der Waals surface area contributed by atoms with Gasteiger partial charge in [-0.05, 0) is 39.1 Å². The van der Waals surface area contributed by atoms with Crippen LogP contribution in [-0.4, -0.2) is 34.7 Å². The fourth-order valence-corrected chi connectivity index (χ4v) is 3.31. The zero-order valence-corrected chi connectivity index (χ0v) is 13.0. The van der Waals surface area contributed by atoms with Crippen molar-refractivity contribution in [2.75, 3.05) is 20.8 Å². The van der Waals surface area contributed by atoms with Crippen LogP contribution in [0.2, 0.25) is 0 Å². The molecule has 0 unspecified atom stereocenters. The number of rotatable bonds is 7. The first-order chi connectivity index (χ1) is 9.22. The molecule has 0 aromatic heterocycles. The Morgan fingerprint density at radius 2 is 2.00 bits per heavy atom. The van der Waals surface area contributed by atoms with E-state index in [1.54, 1.807) is 20.9 Å². The quantitative estimate of drug-likeness (QED) is 0.795. The molecular formula is C13H21FN2O3S. The van der Waals surface area contributed by atoms with Gasteiger partial charge in [0.05, 0.1) is 17.0 Å². The monoisotopic (exact) mass is 304 g/mol. The second-order valence-corrected chi connectivity index (χ2v) is 6.89. The molecule has 0 spiro atoms. The van der Waals surface area contributed by atoms with Gasteiger partial charge in [0.2, 0.25) is 10.0 Å². The van der Waals surface area contributed by atoms with Crippen LogP contribution in [-0.2, 0) is 21.3 Å². The van der Waals surface area contributed by atoms with E-state index in [0.29, 0.717) is 5.56 Å². The molecule has 0 saturated carbocycles. The van der Waals surface area contributed by atoms with Crippen molar-refractivity contribution >= 4 is 10.0 Å². The maximum Gasteiger partial charge on any atom is 0.241 e. The van der Waals surface area contributed by atoms with Crippen LogP contribution in [0.15, 0.2) is 23.1 Å². The van der Waals surface area contributed by atoms with Crippen LogP contribution < -0.4 is 10.0 Å². The summed E-state index contributed by atoms with van der Waals surface area (Å²) in [5.74, 6) is -0.436. The molecule has 114 valence electrons. The molecule has 0 atom stereocenters. The summed E-state index contributed by atoms with van der Waals surface area (Å²) in [5.41, 5.74) is -0.439. The van der Waals surface area contributed by atoms with Gasteiger partial charge in [-0.25, -0.2) is 17.5 Å². The molecule has 1 aromatic carbocycles. The third-order valence-electron chi connectivity index (χ3n) is 2.61. The molecular weight excluding hydrogens is 283 g/mol. The van der Waals surface area contributed by atoms with E-state index in [9.17, 15) is 12.8 Å². The number of nitrogens with one attached hydrogen (secondary N) is 2. The Balaban J connectivity index is 3.07. The predicted molar refractivity (Wildman–Crippen MR) is 75.4 cm³/mol. The van der Waals surface area contributed by atoms with Crippen LogP contribution >= 0.6 is 0 Å². The first-order valence-corrected chi connectivity index (χ1v) is 7.66. The fraction of sp³-hybridized carbons (Fsp3) is 0.538. The Morgan fingerprint density at radius 1 is 1.35 bits per heavy atom. The Kier molecular flexibility index (Phi) is 5.64. The van der Waals surface area contributed by atoms with Crippen LogP contribution in [0, 0.1) is 5.82 Å². The Labute approximate surface area is 119 Å². The molecule has 20 heavy (non-hydrogen) atoms. The molecule has 1 rings (SSSR count). The molecule has 0 bridgehead atoms. The van der Waals surface area contributed by atoms with E-state index in [2.05, 4.69) is 10.0 Å². The van der Waals surface area contributed by atoms with Crippen molar-refractivity contribution in [3.8, 4) is 0 Å². The summed E-state index contributed by atoms with van der Waals surface area (Å²) in [6, 6.07) is 3.74. The first kappa shape index (κ1) is 17.0. The minimum Gasteiger partial charge on any atom is -0.383 e. The number of hydrogen-bond donors (Lipinski definition) is 2. The number of benzene rings is 1. The number of hydrogen-bond acceptors (Lipinski definition) is 4. The van der Waals surface area contributed by atoms with Gasteiger partial charge in [0.1, 0.15) is 5.82 Å². The Bertz CT molecular complexity index is 559. The van der Waals surface area contributed by atoms with Gasteiger partial charge in [0.15, 0.2) is 0 Å². The maximum absolute atomic E-state index is 13.5. The molecule has 7 heteroatoms. The van der Waals surface area contributed by atoms with Crippen molar-refractivity contribution in [1.29, 1.82) is 0 Å². The minimum atomic E-state index is -3.72. The fourth-order valence-electron chi connectivity index (χ4n) is 1.86. The van der Waals surface area contributed by atoms with Gasteiger partial charge in [0, 0.05) is 19.2 Å². The van der Waals surface area contributed by atoms with Gasteiger partial charge in [-0.3, -0.25) is 0 Å². The highest BCUT2D eigenvalue weighted by Crippen LogP contribution is 2.17. The molecule has 0 aliphatic heterocycles.